The number of carbonyl (C=O) groups is 1. The molecule has 0 unspecified atom stereocenters. The molecule has 5 atom stereocenters. The summed E-state index contributed by atoms with van der Waals surface area (Å²) in [7, 11) is 0. The molecule has 0 N–H and O–H groups in total. The van der Waals surface area contributed by atoms with Crippen LogP contribution in [0.5, 0.6) is 0 Å². The highest BCUT2D eigenvalue weighted by Crippen LogP contribution is 2.66. The molecule has 0 aromatic heterocycles. The van der Waals surface area contributed by atoms with Crippen LogP contribution in [-0.4, -0.2) is 12.1 Å². The van der Waals surface area contributed by atoms with Gasteiger partial charge in [-0.3, -0.25) is 4.79 Å². The van der Waals surface area contributed by atoms with E-state index in [0.717, 1.165) is 25.7 Å². The van der Waals surface area contributed by atoms with Crippen molar-refractivity contribution in [3.63, 3.8) is 0 Å². The Hall–Kier alpha value is -1.05. The van der Waals surface area contributed by atoms with Gasteiger partial charge in [0.15, 0.2) is 0 Å². The first-order valence-corrected chi connectivity index (χ1v) is 7.39. The second-order valence-corrected chi connectivity index (χ2v) is 7.09. The van der Waals surface area contributed by atoms with Gasteiger partial charge in [-0.2, -0.15) is 0 Å². The number of esters is 1. The highest BCUT2D eigenvalue weighted by Gasteiger charge is 2.63. The van der Waals surface area contributed by atoms with Gasteiger partial charge in [0, 0.05) is 16.7 Å². The van der Waals surface area contributed by atoms with E-state index in [1.54, 1.807) is 0 Å². The molecule has 0 bridgehead atoms. The van der Waals surface area contributed by atoms with Crippen molar-refractivity contribution in [3.8, 4) is 0 Å². The maximum Gasteiger partial charge on any atom is 0.309 e. The third-order valence-corrected chi connectivity index (χ3v) is 6.58. The quantitative estimate of drug-likeness (QED) is 0.488. The van der Waals surface area contributed by atoms with Crippen molar-refractivity contribution in [1.29, 1.82) is 0 Å². The molecular weight excluding hydrogens is 236 g/mol. The Labute approximate surface area is 115 Å². The second kappa shape index (κ2) is 3.74. The van der Waals surface area contributed by atoms with Gasteiger partial charge in [0.2, 0.25) is 0 Å². The minimum atomic E-state index is -0.133. The number of hydrogen-bond acceptors (Lipinski definition) is 2. The summed E-state index contributed by atoms with van der Waals surface area (Å²) in [6.45, 7) is 15.2. The van der Waals surface area contributed by atoms with Gasteiger partial charge in [0.1, 0.15) is 6.10 Å². The third-order valence-electron chi connectivity index (χ3n) is 6.58. The summed E-state index contributed by atoms with van der Waals surface area (Å²) in [5.74, 6) is 0.321. The Kier molecular flexibility index (Phi) is 2.55. The Morgan fingerprint density at radius 3 is 2.58 bits per heavy atom. The highest BCUT2D eigenvalue weighted by atomic mass is 16.6. The zero-order chi connectivity index (χ0) is 14.0. The summed E-state index contributed by atoms with van der Waals surface area (Å²) in [6, 6.07) is 0. The largest absolute Gasteiger partial charge is 0.461 e. The monoisotopic (exact) mass is 260 g/mol. The molecule has 19 heavy (non-hydrogen) atoms. The lowest BCUT2D eigenvalue weighted by Crippen LogP contribution is -2.45. The van der Waals surface area contributed by atoms with Crippen LogP contribution in [0.2, 0.25) is 0 Å². The standard InChI is InChI=1S/C17H24O2/c1-10-6-7-13-12(3)15(18)19-14(13)17(5)11(2)8-9-16(10,17)4/h12-14H,1-2,6-9H2,3-5H3/t12-,13+,14+,16+,17-/m1/s1. The van der Waals surface area contributed by atoms with E-state index in [-0.39, 0.29) is 28.8 Å². The van der Waals surface area contributed by atoms with Crippen molar-refractivity contribution < 1.29 is 9.53 Å². The molecule has 2 aliphatic carbocycles. The molecule has 0 aromatic carbocycles. The molecule has 2 heteroatoms. The average molecular weight is 260 g/mol. The van der Waals surface area contributed by atoms with Gasteiger partial charge in [-0.25, -0.2) is 0 Å². The van der Waals surface area contributed by atoms with Crippen molar-refractivity contribution in [2.24, 2.45) is 22.7 Å². The molecule has 3 fully saturated rings. The fraction of sp³-hybridized carbons (Fsp3) is 0.706. The predicted octanol–water partition coefficient (Wildman–Crippen LogP) is 3.88. The molecule has 3 aliphatic rings. The van der Waals surface area contributed by atoms with Crippen molar-refractivity contribution in [1.82, 2.24) is 0 Å². The molecule has 0 radical (unpaired) electrons. The first-order chi connectivity index (χ1) is 8.82. The maximum absolute atomic E-state index is 12.0. The van der Waals surface area contributed by atoms with E-state index in [0.29, 0.717) is 5.92 Å². The zero-order valence-electron chi connectivity index (χ0n) is 12.3. The van der Waals surface area contributed by atoms with Crippen LogP contribution in [0, 0.1) is 22.7 Å². The lowest BCUT2D eigenvalue weighted by atomic mass is 9.59. The Morgan fingerprint density at radius 2 is 1.89 bits per heavy atom. The van der Waals surface area contributed by atoms with Crippen molar-refractivity contribution in [2.75, 3.05) is 0 Å². The van der Waals surface area contributed by atoms with Gasteiger partial charge in [-0.15, -0.1) is 0 Å². The molecule has 1 saturated heterocycles. The van der Waals surface area contributed by atoms with E-state index < -0.39 is 0 Å². The molecular formula is C17H24O2. The van der Waals surface area contributed by atoms with Crippen LogP contribution in [0.25, 0.3) is 0 Å². The normalized spacial score (nSPS) is 49.6. The second-order valence-electron chi connectivity index (χ2n) is 7.09. The molecule has 0 spiro atoms. The first-order valence-electron chi connectivity index (χ1n) is 7.39. The molecule has 3 rings (SSSR count). The Bertz CT molecular complexity index is 478. The number of allylic oxidation sites excluding steroid dienone is 1. The minimum Gasteiger partial charge on any atom is -0.461 e. The highest BCUT2D eigenvalue weighted by molar-refractivity contribution is 5.75. The van der Waals surface area contributed by atoms with Crippen molar-refractivity contribution >= 4 is 5.97 Å². The van der Waals surface area contributed by atoms with E-state index >= 15 is 0 Å². The minimum absolute atomic E-state index is 0.00532. The summed E-state index contributed by atoms with van der Waals surface area (Å²) in [4.78, 5) is 12.0. The van der Waals surface area contributed by atoms with Crippen molar-refractivity contribution in [3.05, 3.63) is 24.3 Å². The van der Waals surface area contributed by atoms with Gasteiger partial charge >= 0.3 is 5.97 Å². The van der Waals surface area contributed by atoms with Gasteiger partial charge in [0.25, 0.3) is 0 Å². The molecule has 1 aliphatic heterocycles. The topological polar surface area (TPSA) is 26.3 Å². The number of carbonyl (C=O) groups excluding carboxylic acids is 1. The summed E-state index contributed by atoms with van der Waals surface area (Å²) < 4.78 is 5.82. The summed E-state index contributed by atoms with van der Waals surface area (Å²) in [5, 5.41) is 0. The van der Waals surface area contributed by atoms with Crippen LogP contribution in [0.4, 0.5) is 0 Å². The number of fused-ring (bicyclic) bond motifs is 3. The van der Waals surface area contributed by atoms with Crippen LogP contribution in [-0.2, 0) is 9.53 Å². The molecule has 104 valence electrons. The van der Waals surface area contributed by atoms with E-state index in [2.05, 4.69) is 27.0 Å². The van der Waals surface area contributed by atoms with E-state index in [9.17, 15) is 4.79 Å². The Morgan fingerprint density at radius 1 is 1.21 bits per heavy atom. The fourth-order valence-electron chi connectivity index (χ4n) is 4.69. The lowest BCUT2D eigenvalue weighted by molar-refractivity contribution is -0.149. The van der Waals surface area contributed by atoms with E-state index in [1.165, 1.54) is 11.1 Å². The number of hydrogen-bond donors (Lipinski definition) is 0. The molecule has 0 aromatic rings. The number of rotatable bonds is 0. The van der Waals surface area contributed by atoms with Crippen LogP contribution in [0.15, 0.2) is 24.3 Å². The van der Waals surface area contributed by atoms with Gasteiger partial charge in [-0.1, -0.05) is 45.1 Å². The van der Waals surface area contributed by atoms with Crippen LogP contribution >= 0.6 is 0 Å². The molecule has 1 heterocycles. The van der Waals surface area contributed by atoms with Crippen LogP contribution in [0.1, 0.15) is 46.5 Å². The smallest absolute Gasteiger partial charge is 0.309 e. The number of ether oxygens (including phenoxy) is 1. The predicted molar refractivity (Wildman–Crippen MR) is 75.5 cm³/mol. The summed E-state index contributed by atoms with van der Waals surface area (Å²) in [5.41, 5.74) is 2.47. The van der Waals surface area contributed by atoms with Gasteiger partial charge < -0.3 is 4.74 Å². The van der Waals surface area contributed by atoms with Crippen molar-refractivity contribution in [2.45, 2.75) is 52.6 Å². The van der Waals surface area contributed by atoms with Crippen LogP contribution in [0.3, 0.4) is 0 Å². The molecule has 2 nitrogen and oxygen atoms in total. The van der Waals surface area contributed by atoms with Gasteiger partial charge in [-0.05, 0) is 25.7 Å². The lowest BCUT2D eigenvalue weighted by Gasteiger charge is -2.45. The third kappa shape index (κ3) is 1.35. The van der Waals surface area contributed by atoms with E-state index in [1.807, 2.05) is 6.92 Å². The van der Waals surface area contributed by atoms with E-state index in [4.69, 9.17) is 4.74 Å². The summed E-state index contributed by atoms with van der Waals surface area (Å²) >= 11 is 0. The molecule has 2 saturated carbocycles. The van der Waals surface area contributed by atoms with Crippen LogP contribution < -0.4 is 0 Å². The molecule has 0 amide bonds. The maximum atomic E-state index is 12.0. The first kappa shape index (κ1) is 13.0. The average Bonchev–Trinajstić information content (AvgIpc) is 2.76. The SMILES string of the molecule is C=C1CC[C@H]2[C@@H](C)C(=O)O[C@@H]2[C@@]2(C)C(=C)CC[C@@]12C. The summed E-state index contributed by atoms with van der Waals surface area (Å²) in [6.07, 6.45) is 4.16. The zero-order valence-corrected chi connectivity index (χ0v) is 12.3. The Balaban J connectivity index is 2.14. The van der Waals surface area contributed by atoms with Gasteiger partial charge in [0.05, 0.1) is 5.92 Å². The fourth-order valence-corrected chi connectivity index (χ4v) is 4.69.